The largest absolute Gasteiger partial charge is 0.383 e. The number of fused-ring (bicyclic) bond motifs is 1. The second-order valence-corrected chi connectivity index (χ2v) is 11.1. The lowest BCUT2D eigenvalue weighted by atomic mass is 9.80. The molecule has 0 radical (unpaired) electrons. The predicted molar refractivity (Wildman–Crippen MR) is 142 cm³/mol. The standard InChI is InChI=1S/C30H35N3O3/c1-29(18-25(34)31-3)22-11-4-5-13-24(22)33(28(29)35)20-14-16-32(17-15-20)27-21-10-6-8-19-9-7-12-23(26(19)21)30(27,2)36/h4-13,20,25,27,31,34,36H,14-18H2,1-3H3/t25?,27-,29?,30-/m0/s1. The monoisotopic (exact) mass is 485 g/mol. The number of nitrogens with zero attached hydrogens (tertiary/aromatic N) is 2. The van der Waals surface area contributed by atoms with E-state index in [0.717, 1.165) is 42.7 Å². The van der Waals surface area contributed by atoms with Crippen molar-refractivity contribution in [2.24, 2.45) is 0 Å². The molecule has 2 unspecified atom stereocenters. The molecule has 1 saturated heterocycles. The number of carbonyl (C=O) groups is 1. The second-order valence-electron chi connectivity index (χ2n) is 11.1. The van der Waals surface area contributed by atoms with Crippen molar-refractivity contribution in [3.05, 3.63) is 77.4 Å². The van der Waals surface area contributed by atoms with Gasteiger partial charge in [-0.1, -0.05) is 54.6 Å². The maximum atomic E-state index is 13.9. The van der Waals surface area contributed by atoms with Crippen LogP contribution in [0.5, 0.6) is 0 Å². The number of nitrogens with one attached hydrogen (secondary N) is 1. The molecule has 1 fully saturated rings. The quantitative estimate of drug-likeness (QED) is 0.480. The van der Waals surface area contributed by atoms with Crippen molar-refractivity contribution >= 4 is 22.4 Å². The summed E-state index contributed by atoms with van der Waals surface area (Å²) in [5.74, 6) is 0.0708. The average molecular weight is 486 g/mol. The Kier molecular flexibility index (Phi) is 5.50. The van der Waals surface area contributed by atoms with Crippen LogP contribution in [0, 0.1) is 0 Å². The molecule has 6 nitrogen and oxygen atoms in total. The smallest absolute Gasteiger partial charge is 0.237 e. The second kappa shape index (κ2) is 8.38. The van der Waals surface area contributed by atoms with Crippen molar-refractivity contribution in [1.29, 1.82) is 0 Å². The molecule has 3 aromatic carbocycles. The SMILES string of the molecule is CNC(O)CC1(C)C(=O)N(C2CCN([C@H]3c4cccc5cccc(c45)[C@]3(C)O)CC2)c2ccccc21. The molecule has 3 aromatic rings. The molecule has 1 aliphatic carbocycles. The van der Waals surface area contributed by atoms with Gasteiger partial charge in [-0.25, -0.2) is 0 Å². The van der Waals surface area contributed by atoms with E-state index in [4.69, 9.17) is 0 Å². The fraction of sp³-hybridized carbons (Fsp3) is 0.433. The highest BCUT2D eigenvalue weighted by Crippen LogP contribution is 2.52. The van der Waals surface area contributed by atoms with Crippen LogP contribution in [0.1, 0.15) is 55.8 Å². The molecule has 4 atom stereocenters. The first-order valence-corrected chi connectivity index (χ1v) is 13.0. The molecule has 0 saturated carbocycles. The number of para-hydroxylation sites is 1. The highest BCUT2D eigenvalue weighted by molar-refractivity contribution is 6.08. The van der Waals surface area contributed by atoms with Crippen molar-refractivity contribution in [3.8, 4) is 0 Å². The third-order valence-electron chi connectivity index (χ3n) is 8.92. The summed E-state index contributed by atoms with van der Waals surface area (Å²) in [6.45, 7) is 5.50. The Labute approximate surface area is 212 Å². The zero-order valence-corrected chi connectivity index (χ0v) is 21.2. The molecule has 6 rings (SSSR count). The van der Waals surface area contributed by atoms with Crippen LogP contribution in [0.4, 0.5) is 5.69 Å². The third kappa shape index (κ3) is 3.28. The van der Waals surface area contributed by atoms with Crippen molar-refractivity contribution in [2.75, 3.05) is 25.0 Å². The van der Waals surface area contributed by atoms with E-state index in [9.17, 15) is 15.0 Å². The number of hydrogen-bond acceptors (Lipinski definition) is 5. The molecule has 6 heteroatoms. The molecule has 1 amide bonds. The first-order chi connectivity index (χ1) is 17.3. The maximum absolute atomic E-state index is 13.9. The summed E-state index contributed by atoms with van der Waals surface area (Å²) < 4.78 is 0. The number of anilines is 1. The Morgan fingerprint density at radius 3 is 2.39 bits per heavy atom. The van der Waals surface area contributed by atoms with Crippen LogP contribution < -0.4 is 10.2 Å². The van der Waals surface area contributed by atoms with E-state index in [1.54, 1.807) is 7.05 Å². The molecule has 0 bridgehead atoms. The molecule has 36 heavy (non-hydrogen) atoms. The minimum atomic E-state index is -0.964. The molecule has 3 aliphatic rings. The van der Waals surface area contributed by atoms with Crippen LogP contribution in [0.15, 0.2) is 60.7 Å². The third-order valence-corrected chi connectivity index (χ3v) is 8.92. The van der Waals surface area contributed by atoms with Crippen molar-refractivity contribution in [1.82, 2.24) is 10.2 Å². The van der Waals surface area contributed by atoms with Gasteiger partial charge in [-0.3, -0.25) is 15.0 Å². The summed E-state index contributed by atoms with van der Waals surface area (Å²) in [7, 11) is 1.71. The van der Waals surface area contributed by atoms with Crippen molar-refractivity contribution < 1.29 is 15.0 Å². The molecular weight excluding hydrogens is 450 g/mol. The molecule has 0 spiro atoms. The number of piperidine rings is 1. The highest BCUT2D eigenvalue weighted by Gasteiger charge is 2.51. The summed E-state index contributed by atoms with van der Waals surface area (Å²) in [4.78, 5) is 18.3. The van der Waals surface area contributed by atoms with Crippen LogP contribution in [-0.2, 0) is 15.8 Å². The van der Waals surface area contributed by atoms with E-state index in [2.05, 4.69) is 40.5 Å². The van der Waals surface area contributed by atoms with Crippen LogP contribution in [0.3, 0.4) is 0 Å². The minimum absolute atomic E-state index is 0.0708. The van der Waals surface area contributed by atoms with E-state index >= 15 is 0 Å². The van der Waals surface area contributed by atoms with Gasteiger partial charge in [0.2, 0.25) is 5.91 Å². The van der Waals surface area contributed by atoms with Gasteiger partial charge < -0.3 is 15.1 Å². The van der Waals surface area contributed by atoms with E-state index in [1.807, 2.05) is 49.1 Å². The first kappa shape index (κ1) is 23.6. The molecule has 188 valence electrons. The van der Waals surface area contributed by atoms with Gasteiger partial charge in [-0.15, -0.1) is 0 Å². The number of rotatable bonds is 5. The Hall–Kier alpha value is -2.77. The highest BCUT2D eigenvalue weighted by atomic mass is 16.3. The minimum Gasteiger partial charge on any atom is -0.383 e. The molecule has 3 N–H and O–H groups in total. The van der Waals surface area contributed by atoms with Gasteiger partial charge in [-0.05, 0) is 67.3 Å². The average Bonchev–Trinajstić information content (AvgIpc) is 3.25. The van der Waals surface area contributed by atoms with Gasteiger partial charge in [0, 0.05) is 31.2 Å². The zero-order chi connectivity index (χ0) is 25.2. The van der Waals surface area contributed by atoms with Crippen molar-refractivity contribution in [3.63, 3.8) is 0 Å². The Morgan fingerprint density at radius 1 is 1.00 bits per heavy atom. The lowest BCUT2D eigenvalue weighted by Gasteiger charge is -2.43. The van der Waals surface area contributed by atoms with E-state index < -0.39 is 17.2 Å². The first-order valence-electron chi connectivity index (χ1n) is 13.0. The van der Waals surface area contributed by atoms with Gasteiger partial charge in [0.15, 0.2) is 0 Å². The zero-order valence-electron chi connectivity index (χ0n) is 21.2. The number of amides is 1. The summed E-state index contributed by atoms with van der Waals surface area (Å²) >= 11 is 0. The van der Waals surface area contributed by atoms with Crippen molar-refractivity contribution in [2.45, 2.75) is 62.4 Å². The topological polar surface area (TPSA) is 76.0 Å². The molecule has 2 heterocycles. The summed E-state index contributed by atoms with van der Waals surface area (Å²) in [6, 6.07) is 20.6. The maximum Gasteiger partial charge on any atom is 0.237 e. The van der Waals surface area contributed by atoms with Gasteiger partial charge in [0.25, 0.3) is 0 Å². The Balaban J connectivity index is 1.27. The molecular formula is C30H35N3O3. The number of likely N-dealkylation sites (tertiary alicyclic amines) is 1. The van der Waals surface area contributed by atoms with Gasteiger partial charge in [0.1, 0.15) is 11.8 Å². The van der Waals surface area contributed by atoms with Crippen LogP contribution in [0.25, 0.3) is 10.8 Å². The fourth-order valence-corrected chi connectivity index (χ4v) is 7.11. The van der Waals surface area contributed by atoms with Gasteiger partial charge >= 0.3 is 0 Å². The molecule has 0 aromatic heterocycles. The Bertz CT molecular complexity index is 1320. The van der Waals surface area contributed by atoms with Crippen LogP contribution in [-0.4, -0.2) is 53.4 Å². The van der Waals surface area contributed by atoms with E-state index in [-0.39, 0.29) is 18.0 Å². The number of benzene rings is 3. The number of hydrogen-bond donors (Lipinski definition) is 3. The van der Waals surface area contributed by atoms with Gasteiger partial charge in [-0.2, -0.15) is 0 Å². The van der Waals surface area contributed by atoms with Crippen LogP contribution >= 0.6 is 0 Å². The predicted octanol–water partition coefficient (Wildman–Crippen LogP) is 3.80. The lowest BCUT2D eigenvalue weighted by molar-refractivity contribution is -0.124. The summed E-state index contributed by atoms with van der Waals surface area (Å²) in [5, 5.41) is 27.3. The summed E-state index contributed by atoms with van der Waals surface area (Å²) in [5.41, 5.74) is 2.44. The number of aliphatic hydroxyl groups excluding tert-OH is 1. The van der Waals surface area contributed by atoms with E-state index in [0.29, 0.717) is 6.42 Å². The fourth-order valence-electron chi connectivity index (χ4n) is 7.11. The van der Waals surface area contributed by atoms with E-state index in [1.165, 1.54) is 16.3 Å². The van der Waals surface area contributed by atoms with Crippen LogP contribution in [0.2, 0.25) is 0 Å². The number of carbonyl (C=O) groups excluding carboxylic acids is 1. The number of aliphatic hydroxyl groups is 2. The normalized spacial score (nSPS) is 29.2. The van der Waals surface area contributed by atoms with Gasteiger partial charge in [0.05, 0.1) is 11.5 Å². The Morgan fingerprint density at radius 2 is 1.67 bits per heavy atom. The summed E-state index contributed by atoms with van der Waals surface area (Å²) in [6.07, 6.45) is 1.26. The molecule has 2 aliphatic heterocycles. The lowest BCUT2D eigenvalue weighted by Crippen LogP contribution is -2.52.